The molecule has 1 unspecified atom stereocenters. The highest BCUT2D eigenvalue weighted by Gasteiger charge is 2.36. The van der Waals surface area contributed by atoms with Crippen molar-refractivity contribution >= 4 is 26.0 Å². The summed E-state index contributed by atoms with van der Waals surface area (Å²) in [5.41, 5.74) is 0. The Morgan fingerprint density at radius 3 is 2.73 bits per heavy atom. The Labute approximate surface area is 161 Å². The minimum absolute atomic E-state index is 0.0824. The summed E-state index contributed by atoms with van der Waals surface area (Å²) in [6.07, 6.45) is 1.94. The number of nitrogens with zero attached hydrogens (tertiary/aromatic N) is 2. The molecule has 0 aliphatic carbocycles. The van der Waals surface area contributed by atoms with Gasteiger partial charge in [-0.25, -0.2) is 13.4 Å². The molecule has 7 nitrogen and oxygen atoms in total. The van der Waals surface area contributed by atoms with E-state index in [4.69, 9.17) is 14.2 Å². The van der Waals surface area contributed by atoms with Gasteiger partial charge in [-0.15, -0.1) is 0 Å². The lowest BCUT2D eigenvalue weighted by atomic mass is 10.3. The lowest BCUT2D eigenvalue weighted by Gasteiger charge is -2.19. The zero-order valence-corrected chi connectivity index (χ0v) is 16.8. The molecule has 2 heterocycles. The first-order valence-corrected chi connectivity index (χ1v) is 10.2. The van der Waals surface area contributed by atoms with Crippen molar-refractivity contribution in [3.63, 3.8) is 0 Å². The lowest BCUT2D eigenvalue weighted by molar-refractivity contribution is 0.205. The van der Waals surface area contributed by atoms with Crippen LogP contribution in [0.5, 0.6) is 17.4 Å². The SMILES string of the molecule is COc1ccc(OC)c(S(=O)(=O)N2CCC(Oc3ncccc3Br)C2)c1. The zero-order chi connectivity index (χ0) is 18.7. The van der Waals surface area contributed by atoms with Crippen LogP contribution in [0.15, 0.2) is 45.9 Å². The van der Waals surface area contributed by atoms with Crippen LogP contribution >= 0.6 is 15.9 Å². The summed E-state index contributed by atoms with van der Waals surface area (Å²) in [5, 5.41) is 0. The minimum atomic E-state index is -3.73. The Kier molecular flexibility index (Phi) is 5.69. The zero-order valence-electron chi connectivity index (χ0n) is 14.4. The van der Waals surface area contributed by atoms with Gasteiger partial charge in [-0.1, -0.05) is 0 Å². The van der Waals surface area contributed by atoms with Gasteiger partial charge in [0.1, 0.15) is 22.5 Å². The molecule has 0 N–H and O–H groups in total. The van der Waals surface area contributed by atoms with Gasteiger partial charge in [0, 0.05) is 18.8 Å². The van der Waals surface area contributed by atoms with E-state index in [1.165, 1.54) is 24.6 Å². The van der Waals surface area contributed by atoms with Gasteiger partial charge >= 0.3 is 0 Å². The average Bonchev–Trinajstić information content (AvgIpc) is 3.12. The van der Waals surface area contributed by atoms with E-state index in [1.807, 2.05) is 6.07 Å². The highest BCUT2D eigenvalue weighted by molar-refractivity contribution is 9.10. The molecule has 2 aromatic rings. The second-order valence-corrected chi connectivity index (χ2v) is 8.46. The molecule has 1 aliphatic heterocycles. The summed E-state index contributed by atoms with van der Waals surface area (Å²) in [5.74, 6) is 1.19. The molecule has 0 radical (unpaired) electrons. The smallest absolute Gasteiger partial charge is 0.247 e. The van der Waals surface area contributed by atoms with Gasteiger partial charge in [0.2, 0.25) is 15.9 Å². The van der Waals surface area contributed by atoms with E-state index >= 15 is 0 Å². The van der Waals surface area contributed by atoms with Gasteiger partial charge < -0.3 is 14.2 Å². The van der Waals surface area contributed by atoms with E-state index in [2.05, 4.69) is 20.9 Å². The number of hydrogen-bond donors (Lipinski definition) is 0. The summed E-state index contributed by atoms with van der Waals surface area (Å²) < 4.78 is 44.5. The summed E-state index contributed by atoms with van der Waals surface area (Å²) >= 11 is 3.38. The molecule has 1 fully saturated rings. The van der Waals surface area contributed by atoms with E-state index in [0.29, 0.717) is 24.6 Å². The van der Waals surface area contributed by atoms with Gasteiger partial charge in [-0.2, -0.15) is 4.31 Å². The minimum Gasteiger partial charge on any atom is -0.497 e. The highest BCUT2D eigenvalue weighted by Crippen LogP contribution is 2.33. The molecule has 1 aliphatic rings. The normalized spacial score (nSPS) is 17.9. The fourth-order valence-electron chi connectivity index (χ4n) is 2.75. The average molecular weight is 443 g/mol. The van der Waals surface area contributed by atoms with Crippen LogP contribution in [-0.4, -0.2) is 51.1 Å². The third-order valence-electron chi connectivity index (χ3n) is 4.10. The summed E-state index contributed by atoms with van der Waals surface area (Å²) in [7, 11) is -0.805. The Balaban J connectivity index is 1.80. The number of aromatic nitrogens is 1. The molecule has 0 saturated carbocycles. The molecule has 1 saturated heterocycles. The highest BCUT2D eigenvalue weighted by atomic mass is 79.9. The van der Waals surface area contributed by atoms with Crippen molar-refractivity contribution in [3.05, 3.63) is 41.0 Å². The van der Waals surface area contributed by atoms with Crippen molar-refractivity contribution in [1.29, 1.82) is 0 Å². The molecule has 0 amide bonds. The van der Waals surface area contributed by atoms with Crippen molar-refractivity contribution in [2.75, 3.05) is 27.3 Å². The number of methoxy groups -OCH3 is 2. The van der Waals surface area contributed by atoms with Crippen LogP contribution < -0.4 is 14.2 Å². The topological polar surface area (TPSA) is 78.0 Å². The molecule has 0 spiro atoms. The Morgan fingerprint density at radius 2 is 2.04 bits per heavy atom. The van der Waals surface area contributed by atoms with Gasteiger partial charge in [-0.05, 0) is 46.6 Å². The quantitative estimate of drug-likeness (QED) is 0.684. The molecular weight excluding hydrogens is 424 g/mol. The molecule has 3 rings (SSSR count). The maximum Gasteiger partial charge on any atom is 0.247 e. The number of sulfonamides is 1. The van der Waals surface area contributed by atoms with E-state index in [0.717, 1.165) is 4.47 Å². The molecule has 1 aromatic carbocycles. The second-order valence-electron chi connectivity index (χ2n) is 5.70. The predicted octanol–water partition coefficient (Wildman–Crippen LogP) is 2.70. The molecular formula is C17H19BrN2O5S. The first kappa shape index (κ1) is 18.9. The third-order valence-corrected chi connectivity index (χ3v) is 6.59. The Bertz CT molecular complexity index is 890. The van der Waals surface area contributed by atoms with Crippen molar-refractivity contribution < 1.29 is 22.6 Å². The van der Waals surface area contributed by atoms with Crippen LogP contribution in [0.4, 0.5) is 0 Å². The van der Waals surface area contributed by atoms with Crippen LogP contribution in [0.2, 0.25) is 0 Å². The van der Waals surface area contributed by atoms with E-state index in [1.54, 1.807) is 24.4 Å². The lowest BCUT2D eigenvalue weighted by Crippen LogP contribution is -2.31. The fourth-order valence-corrected chi connectivity index (χ4v) is 4.76. The number of halogens is 1. The maximum atomic E-state index is 13.1. The van der Waals surface area contributed by atoms with E-state index < -0.39 is 10.0 Å². The summed E-state index contributed by atoms with van der Waals surface area (Å²) in [4.78, 5) is 4.25. The number of ether oxygens (including phenoxy) is 3. The molecule has 1 aromatic heterocycles. The van der Waals surface area contributed by atoms with Crippen molar-refractivity contribution in [1.82, 2.24) is 9.29 Å². The number of benzene rings is 1. The van der Waals surface area contributed by atoms with E-state index in [-0.39, 0.29) is 23.3 Å². The number of rotatable bonds is 6. The van der Waals surface area contributed by atoms with Crippen molar-refractivity contribution in [2.45, 2.75) is 17.4 Å². The Hall–Kier alpha value is -1.84. The van der Waals surface area contributed by atoms with Crippen molar-refractivity contribution in [2.24, 2.45) is 0 Å². The maximum absolute atomic E-state index is 13.1. The van der Waals surface area contributed by atoms with Crippen LogP contribution in [-0.2, 0) is 10.0 Å². The van der Waals surface area contributed by atoms with E-state index in [9.17, 15) is 8.42 Å². The van der Waals surface area contributed by atoms with Gasteiger partial charge in [-0.3, -0.25) is 0 Å². The Morgan fingerprint density at radius 1 is 1.23 bits per heavy atom. The fraction of sp³-hybridized carbons (Fsp3) is 0.353. The third kappa shape index (κ3) is 3.79. The van der Waals surface area contributed by atoms with Crippen LogP contribution in [0.1, 0.15) is 6.42 Å². The molecule has 140 valence electrons. The predicted molar refractivity (Wildman–Crippen MR) is 99.3 cm³/mol. The first-order chi connectivity index (χ1) is 12.5. The standard InChI is InChI=1S/C17H19BrN2O5S/c1-23-12-5-6-15(24-2)16(10-12)26(21,22)20-9-7-13(11-20)25-17-14(18)4-3-8-19-17/h3-6,8,10,13H,7,9,11H2,1-2H3. The summed E-state index contributed by atoms with van der Waals surface area (Å²) in [6, 6.07) is 8.33. The molecule has 1 atom stereocenters. The van der Waals surface area contributed by atoms with Crippen LogP contribution in [0.3, 0.4) is 0 Å². The van der Waals surface area contributed by atoms with Crippen LogP contribution in [0.25, 0.3) is 0 Å². The van der Waals surface area contributed by atoms with Crippen molar-refractivity contribution in [3.8, 4) is 17.4 Å². The largest absolute Gasteiger partial charge is 0.497 e. The van der Waals surface area contributed by atoms with Gasteiger partial charge in [0.05, 0.1) is 25.2 Å². The first-order valence-electron chi connectivity index (χ1n) is 7.95. The monoisotopic (exact) mass is 442 g/mol. The van der Waals surface area contributed by atoms with Gasteiger partial charge in [0.15, 0.2) is 0 Å². The molecule has 9 heteroatoms. The molecule has 26 heavy (non-hydrogen) atoms. The molecule has 0 bridgehead atoms. The number of pyridine rings is 1. The summed E-state index contributed by atoms with van der Waals surface area (Å²) in [6.45, 7) is 0.601. The second kappa shape index (κ2) is 7.81. The van der Waals surface area contributed by atoms with Gasteiger partial charge in [0.25, 0.3) is 0 Å². The number of hydrogen-bond acceptors (Lipinski definition) is 6. The van der Waals surface area contributed by atoms with Crippen LogP contribution in [0, 0.1) is 0 Å².